The third-order valence-corrected chi connectivity index (χ3v) is 5.73. The summed E-state index contributed by atoms with van der Waals surface area (Å²) >= 11 is 0. The predicted octanol–water partition coefficient (Wildman–Crippen LogP) is 3.12. The van der Waals surface area contributed by atoms with Gasteiger partial charge in [0.15, 0.2) is 0 Å². The lowest BCUT2D eigenvalue weighted by Gasteiger charge is -2.30. The van der Waals surface area contributed by atoms with Crippen LogP contribution in [0.2, 0.25) is 0 Å². The molecule has 1 aromatic rings. The molecule has 1 unspecified atom stereocenters. The Bertz CT molecular complexity index is 631. The number of piperidine rings is 1. The molecule has 0 saturated carbocycles. The molecule has 1 aromatic carbocycles. The zero-order chi connectivity index (χ0) is 19.8. The summed E-state index contributed by atoms with van der Waals surface area (Å²) < 4.78 is 5.47. The Labute approximate surface area is 168 Å². The SMILES string of the molecule is CC1CN(CCCN2CCCCC2)C(=O)CCN1C(=O)OCc1ccccc1. The summed E-state index contributed by atoms with van der Waals surface area (Å²) in [5, 5.41) is 0. The molecule has 2 saturated heterocycles. The molecule has 2 aliphatic heterocycles. The van der Waals surface area contributed by atoms with Crippen LogP contribution in [0.25, 0.3) is 0 Å². The molecule has 0 bridgehead atoms. The van der Waals surface area contributed by atoms with Crippen molar-refractivity contribution in [3.8, 4) is 0 Å². The molecule has 6 heteroatoms. The topological polar surface area (TPSA) is 53.1 Å². The van der Waals surface area contributed by atoms with Gasteiger partial charge in [-0.1, -0.05) is 36.8 Å². The van der Waals surface area contributed by atoms with Gasteiger partial charge in [-0.15, -0.1) is 0 Å². The fourth-order valence-electron chi connectivity index (χ4n) is 4.07. The molecule has 2 fully saturated rings. The summed E-state index contributed by atoms with van der Waals surface area (Å²) in [7, 11) is 0. The van der Waals surface area contributed by atoms with Gasteiger partial charge >= 0.3 is 6.09 Å². The molecule has 28 heavy (non-hydrogen) atoms. The summed E-state index contributed by atoms with van der Waals surface area (Å²) in [5.41, 5.74) is 0.966. The Morgan fingerprint density at radius 3 is 2.57 bits per heavy atom. The average molecular weight is 388 g/mol. The molecule has 2 aliphatic rings. The van der Waals surface area contributed by atoms with E-state index in [2.05, 4.69) is 4.90 Å². The smallest absolute Gasteiger partial charge is 0.410 e. The van der Waals surface area contributed by atoms with E-state index in [1.165, 1.54) is 32.4 Å². The van der Waals surface area contributed by atoms with Gasteiger partial charge < -0.3 is 19.4 Å². The first kappa shape index (κ1) is 20.6. The van der Waals surface area contributed by atoms with Crippen LogP contribution in [0.4, 0.5) is 4.79 Å². The van der Waals surface area contributed by atoms with Crippen molar-refractivity contribution in [3.63, 3.8) is 0 Å². The maximum absolute atomic E-state index is 12.5. The normalized spacial score (nSPS) is 21.5. The van der Waals surface area contributed by atoms with Crippen LogP contribution in [-0.2, 0) is 16.1 Å². The van der Waals surface area contributed by atoms with E-state index in [4.69, 9.17) is 4.74 Å². The lowest BCUT2D eigenvalue weighted by Crippen LogP contribution is -2.43. The zero-order valence-corrected chi connectivity index (χ0v) is 17.0. The first-order valence-corrected chi connectivity index (χ1v) is 10.6. The fourth-order valence-corrected chi connectivity index (χ4v) is 4.07. The number of carbonyl (C=O) groups is 2. The van der Waals surface area contributed by atoms with Crippen molar-refractivity contribution in [2.24, 2.45) is 0 Å². The highest BCUT2D eigenvalue weighted by Gasteiger charge is 2.29. The molecule has 0 N–H and O–H groups in total. The second-order valence-electron chi connectivity index (χ2n) is 7.93. The number of carbonyl (C=O) groups excluding carboxylic acids is 2. The van der Waals surface area contributed by atoms with E-state index in [-0.39, 0.29) is 24.6 Å². The molecular weight excluding hydrogens is 354 g/mol. The lowest BCUT2D eigenvalue weighted by atomic mass is 10.1. The molecule has 0 radical (unpaired) electrons. The standard InChI is InChI=1S/C22H33N3O3/c1-19-17-24(15-8-14-23-12-6-3-7-13-23)21(26)11-16-25(19)22(27)28-18-20-9-4-2-5-10-20/h2,4-5,9-10,19H,3,6-8,11-18H2,1H3. The lowest BCUT2D eigenvalue weighted by molar-refractivity contribution is -0.130. The van der Waals surface area contributed by atoms with Crippen LogP contribution in [0.3, 0.4) is 0 Å². The Hall–Kier alpha value is -2.08. The Balaban J connectivity index is 1.46. The maximum atomic E-state index is 12.5. The van der Waals surface area contributed by atoms with Gasteiger partial charge in [-0.25, -0.2) is 4.79 Å². The monoisotopic (exact) mass is 387 g/mol. The number of ether oxygens (including phenoxy) is 1. The number of rotatable bonds is 6. The molecule has 154 valence electrons. The Morgan fingerprint density at radius 2 is 1.82 bits per heavy atom. The Morgan fingerprint density at radius 1 is 1.07 bits per heavy atom. The van der Waals surface area contributed by atoms with Crippen LogP contribution in [0.1, 0.15) is 44.6 Å². The van der Waals surface area contributed by atoms with Crippen molar-refractivity contribution in [2.75, 3.05) is 39.3 Å². The average Bonchev–Trinajstić information content (AvgIpc) is 2.86. The van der Waals surface area contributed by atoms with Crippen LogP contribution >= 0.6 is 0 Å². The molecule has 0 spiro atoms. The second kappa shape index (κ2) is 10.5. The van der Waals surface area contributed by atoms with Gasteiger partial charge in [0, 0.05) is 32.1 Å². The minimum Gasteiger partial charge on any atom is -0.445 e. The van der Waals surface area contributed by atoms with Crippen LogP contribution < -0.4 is 0 Å². The van der Waals surface area contributed by atoms with Crippen molar-refractivity contribution >= 4 is 12.0 Å². The van der Waals surface area contributed by atoms with Crippen molar-refractivity contribution in [2.45, 2.75) is 51.7 Å². The third kappa shape index (κ3) is 5.96. The highest BCUT2D eigenvalue weighted by Crippen LogP contribution is 2.15. The van der Waals surface area contributed by atoms with E-state index in [9.17, 15) is 9.59 Å². The molecule has 0 aromatic heterocycles. The summed E-state index contributed by atoms with van der Waals surface area (Å²) in [6.45, 7) is 7.47. The predicted molar refractivity (Wildman–Crippen MR) is 109 cm³/mol. The van der Waals surface area contributed by atoms with Gasteiger partial charge in [0.1, 0.15) is 6.61 Å². The van der Waals surface area contributed by atoms with Crippen molar-refractivity contribution in [1.29, 1.82) is 0 Å². The van der Waals surface area contributed by atoms with Crippen molar-refractivity contribution < 1.29 is 14.3 Å². The molecule has 0 aliphatic carbocycles. The summed E-state index contributed by atoms with van der Waals surface area (Å²) in [4.78, 5) is 31.2. The van der Waals surface area contributed by atoms with Crippen LogP contribution in [-0.4, -0.2) is 72.0 Å². The van der Waals surface area contributed by atoms with E-state index < -0.39 is 0 Å². The van der Waals surface area contributed by atoms with Crippen LogP contribution in [0.15, 0.2) is 30.3 Å². The van der Waals surface area contributed by atoms with Gasteiger partial charge in [0.25, 0.3) is 0 Å². The highest BCUT2D eigenvalue weighted by molar-refractivity contribution is 5.78. The van der Waals surface area contributed by atoms with Crippen LogP contribution in [0.5, 0.6) is 0 Å². The van der Waals surface area contributed by atoms with Crippen molar-refractivity contribution in [3.05, 3.63) is 35.9 Å². The minimum absolute atomic E-state index is 0.0373. The number of nitrogens with zero attached hydrogens (tertiary/aromatic N) is 3. The molecule has 2 heterocycles. The number of benzene rings is 1. The quantitative estimate of drug-likeness (QED) is 0.753. The van der Waals surface area contributed by atoms with E-state index in [1.807, 2.05) is 42.2 Å². The summed E-state index contributed by atoms with van der Waals surface area (Å²) in [6, 6.07) is 9.63. The minimum atomic E-state index is -0.334. The molecule has 1 atom stereocenters. The first-order chi connectivity index (χ1) is 13.6. The fraction of sp³-hybridized carbons (Fsp3) is 0.636. The van der Waals surface area contributed by atoms with Crippen molar-refractivity contribution in [1.82, 2.24) is 14.7 Å². The highest BCUT2D eigenvalue weighted by atomic mass is 16.6. The molecule has 6 nitrogen and oxygen atoms in total. The maximum Gasteiger partial charge on any atom is 0.410 e. The number of hydrogen-bond donors (Lipinski definition) is 0. The van der Waals surface area contributed by atoms with Gasteiger partial charge in [0.2, 0.25) is 5.91 Å². The Kier molecular flexibility index (Phi) is 7.71. The van der Waals surface area contributed by atoms with E-state index in [0.29, 0.717) is 19.5 Å². The number of amides is 2. The molecular formula is C22H33N3O3. The van der Waals surface area contributed by atoms with Gasteiger partial charge in [-0.05, 0) is 51.4 Å². The van der Waals surface area contributed by atoms with E-state index in [1.54, 1.807) is 4.90 Å². The summed E-state index contributed by atoms with van der Waals surface area (Å²) in [6.07, 6.45) is 4.96. The number of hydrogen-bond acceptors (Lipinski definition) is 4. The second-order valence-corrected chi connectivity index (χ2v) is 7.93. The van der Waals surface area contributed by atoms with E-state index >= 15 is 0 Å². The molecule has 3 rings (SSSR count). The number of likely N-dealkylation sites (tertiary alicyclic amines) is 1. The zero-order valence-electron chi connectivity index (χ0n) is 17.0. The molecule has 2 amide bonds. The van der Waals surface area contributed by atoms with Gasteiger partial charge in [-0.3, -0.25) is 4.79 Å². The van der Waals surface area contributed by atoms with Gasteiger partial charge in [0.05, 0.1) is 0 Å². The van der Waals surface area contributed by atoms with Crippen LogP contribution in [0, 0.1) is 0 Å². The first-order valence-electron chi connectivity index (χ1n) is 10.6. The summed E-state index contributed by atoms with van der Waals surface area (Å²) in [5.74, 6) is 0.142. The van der Waals surface area contributed by atoms with E-state index in [0.717, 1.165) is 25.1 Å². The largest absolute Gasteiger partial charge is 0.445 e. The third-order valence-electron chi connectivity index (χ3n) is 5.73. The van der Waals surface area contributed by atoms with Gasteiger partial charge in [-0.2, -0.15) is 0 Å².